The molecule has 0 radical (unpaired) electrons. The molecule has 1 aliphatic heterocycles. The molecule has 230 valence electrons. The van der Waals surface area contributed by atoms with E-state index < -0.39 is 12.2 Å². The molecule has 0 amide bonds. The summed E-state index contributed by atoms with van der Waals surface area (Å²) in [6.45, 7) is 3.50. The van der Waals surface area contributed by atoms with Gasteiger partial charge in [0.25, 0.3) is 0 Å². The Morgan fingerprint density at radius 1 is 1.14 bits per heavy atom. The number of H-pyrrole nitrogens is 1. The molecule has 2 saturated carbocycles. The number of hydrogen-bond donors (Lipinski definition) is 6. The molecule has 3 aliphatic rings. The molecule has 2 heterocycles. The van der Waals surface area contributed by atoms with Gasteiger partial charge in [-0.1, -0.05) is 31.9 Å². The van der Waals surface area contributed by atoms with Gasteiger partial charge < -0.3 is 36.1 Å². The van der Waals surface area contributed by atoms with E-state index in [-0.39, 0.29) is 11.7 Å². The number of aromatic hydroxyl groups is 1. The first kappa shape index (κ1) is 30.6. The number of aliphatic hydroxyl groups excluding tert-OH is 2. The average molecular weight is 578 g/mol. The molecule has 7 nitrogen and oxygen atoms in total. The smallest absolute Gasteiger partial charge is 0.161 e. The van der Waals surface area contributed by atoms with Crippen molar-refractivity contribution in [2.24, 2.45) is 28.9 Å². The van der Waals surface area contributed by atoms with Crippen molar-refractivity contribution in [3.63, 3.8) is 0 Å². The SMILES string of the molecule is CC[C@@]12CCC[C@H]([C@H](O)C[C@H](O)CCc3ccc(O)c(OCC[C@H](Cc4ccc[nH]4)C4=CCNC(N)=C4)c3)[C@@H](CC1)C2. The van der Waals surface area contributed by atoms with Crippen LogP contribution in [0.3, 0.4) is 0 Å². The van der Waals surface area contributed by atoms with Gasteiger partial charge in [0.05, 0.1) is 24.6 Å². The average Bonchev–Trinajstić information content (AvgIpc) is 3.60. The molecular weight excluding hydrogens is 526 g/mol. The number of fused-ring (bicyclic) bond motifs is 2. The van der Waals surface area contributed by atoms with Gasteiger partial charge in [0.1, 0.15) is 0 Å². The molecule has 0 unspecified atom stereocenters. The quantitative estimate of drug-likeness (QED) is 0.171. The number of phenolic OH excluding ortho intramolecular Hbond substituents is 1. The summed E-state index contributed by atoms with van der Waals surface area (Å²) >= 11 is 0. The van der Waals surface area contributed by atoms with Crippen LogP contribution in [0.4, 0.5) is 0 Å². The Balaban J connectivity index is 1.12. The third-order valence-electron chi connectivity index (χ3n) is 10.4. The molecule has 7 N–H and O–H groups in total. The fraction of sp³-hybridized carbons (Fsp3) is 0.600. The Morgan fingerprint density at radius 3 is 2.81 bits per heavy atom. The standard InChI is InChI=1S/C35H51N3O4/c1-2-35-14-3-6-30(27(23-35)11-15-35)32(41)22-29(39)9-7-24-8-10-31(40)33(19-24)42-18-13-26(20-28-5-4-16-37-28)25-12-17-38-34(36)21-25/h4-5,8,10,12,16,19,21,26-27,29-30,32,37-41H,2-3,6-7,9,11,13-15,17-18,20,22-23,36H2,1H3/t26-,27+,29-,30+,32-,35-/m1/s1. The van der Waals surface area contributed by atoms with Gasteiger partial charge in [-0.05, 0) is 129 Å². The number of aromatic nitrogens is 1. The van der Waals surface area contributed by atoms with Crippen LogP contribution in [-0.2, 0) is 12.8 Å². The molecule has 2 aromatic rings. The summed E-state index contributed by atoms with van der Waals surface area (Å²) < 4.78 is 6.10. The second-order valence-corrected chi connectivity index (χ2v) is 13.1. The van der Waals surface area contributed by atoms with E-state index in [0.717, 1.165) is 30.5 Å². The highest BCUT2D eigenvalue weighted by atomic mass is 16.5. The van der Waals surface area contributed by atoms with Crippen molar-refractivity contribution in [1.29, 1.82) is 0 Å². The van der Waals surface area contributed by atoms with Crippen LogP contribution in [-0.4, -0.2) is 45.7 Å². The number of aromatic amines is 1. The number of nitrogens with two attached hydrogens (primary N) is 1. The maximum absolute atomic E-state index is 11.1. The first-order chi connectivity index (χ1) is 20.3. The second-order valence-electron chi connectivity index (χ2n) is 13.1. The van der Waals surface area contributed by atoms with E-state index in [1.54, 1.807) is 6.07 Å². The van der Waals surface area contributed by atoms with Crippen LogP contribution in [0.5, 0.6) is 11.5 Å². The molecule has 0 spiro atoms. The van der Waals surface area contributed by atoms with Gasteiger partial charge in [0, 0.05) is 18.4 Å². The summed E-state index contributed by atoms with van der Waals surface area (Å²) in [5.41, 5.74) is 9.92. The number of rotatable bonds is 14. The van der Waals surface area contributed by atoms with Crippen molar-refractivity contribution >= 4 is 0 Å². The Labute approximate surface area is 251 Å². The molecule has 6 atom stereocenters. The molecule has 7 heteroatoms. The maximum Gasteiger partial charge on any atom is 0.161 e. The normalized spacial score (nSPS) is 26.0. The molecule has 5 rings (SSSR count). The van der Waals surface area contributed by atoms with Crippen molar-refractivity contribution < 1.29 is 20.1 Å². The molecule has 0 saturated heterocycles. The van der Waals surface area contributed by atoms with Crippen molar-refractivity contribution in [2.45, 2.75) is 96.2 Å². The fourth-order valence-corrected chi connectivity index (χ4v) is 7.85. The number of aliphatic hydroxyl groups is 2. The first-order valence-corrected chi connectivity index (χ1v) is 16.2. The van der Waals surface area contributed by atoms with E-state index in [1.165, 1.54) is 44.1 Å². The lowest BCUT2D eigenvalue weighted by Gasteiger charge is -2.29. The predicted molar refractivity (Wildman–Crippen MR) is 167 cm³/mol. The molecule has 2 aliphatic carbocycles. The zero-order valence-corrected chi connectivity index (χ0v) is 25.2. The van der Waals surface area contributed by atoms with E-state index in [9.17, 15) is 15.3 Å². The molecule has 2 fully saturated rings. The van der Waals surface area contributed by atoms with Crippen LogP contribution in [0.25, 0.3) is 0 Å². The molecular formula is C35H51N3O4. The number of benzene rings is 1. The predicted octanol–water partition coefficient (Wildman–Crippen LogP) is 5.72. The lowest BCUT2D eigenvalue weighted by molar-refractivity contribution is 0.0183. The van der Waals surface area contributed by atoms with Crippen LogP contribution < -0.4 is 15.8 Å². The number of phenols is 1. The second kappa shape index (κ2) is 14.0. The fourth-order valence-electron chi connectivity index (χ4n) is 7.85. The highest BCUT2D eigenvalue weighted by Gasteiger charge is 2.44. The Morgan fingerprint density at radius 2 is 2.02 bits per heavy atom. The molecule has 1 aromatic carbocycles. The minimum absolute atomic E-state index is 0.119. The van der Waals surface area contributed by atoms with Gasteiger partial charge in [-0.25, -0.2) is 0 Å². The highest BCUT2D eigenvalue weighted by molar-refractivity contribution is 5.42. The largest absolute Gasteiger partial charge is 0.504 e. The van der Waals surface area contributed by atoms with E-state index in [1.807, 2.05) is 30.5 Å². The van der Waals surface area contributed by atoms with Crippen LogP contribution in [0, 0.1) is 23.2 Å². The van der Waals surface area contributed by atoms with E-state index >= 15 is 0 Å². The van der Waals surface area contributed by atoms with Gasteiger partial charge in [-0.15, -0.1) is 0 Å². The summed E-state index contributed by atoms with van der Waals surface area (Å²) in [5.74, 6) is 2.41. The summed E-state index contributed by atoms with van der Waals surface area (Å²) in [4.78, 5) is 3.30. The Kier molecular flexibility index (Phi) is 10.2. The number of aryl methyl sites for hydroxylation is 1. The minimum atomic E-state index is -0.550. The number of allylic oxidation sites excluding steroid dienone is 2. The van der Waals surface area contributed by atoms with Gasteiger partial charge in [-0.3, -0.25) is 0 Å². The van der Waals surface area contributed by atoms with Crippen LogP contribution in [0.15, 0.2) is 60.1 Å². The van der Waals surface area contributed by atoms with Crippen LogP contribution >= 0.6 is 0 Å². The van der Waals surface area contributed by atoms with Crippen molar-refractivity contribution in [3.05, 3.63) is 71.3 Å². The third-order valence-corrected chi connectivity index (χ3v) is 10.4. The molecule has 1 aromatic heterocycles. The minimum Gasteiger partial charge on any atom is -0.504 e. The number of nitrogens with one attached hydrogen (secondary N) is 2. The Hall–Kier alpha value is -2.90. The highest BCUT2D eigenvalue weighted by Crippen LogP contribution is 2.54. The summed E-state index contributed by atoms with van der Waals surface area (Å²) in [6, 6.07) is 9.54. The van der Waals surface area contributed by atoms with Crippen LogP contribution in [0.1, 0.15) is 82.4 Å². The summed E-state index contributed by atoms with van der Waals surface area (Å²) in [6.07, 6.45) is 17.1. The lowest BCUT2D eigenvalue weighted by Crippen LogP contribution is -2.30. The summed E-state index contributed by atoms with van der Waals surface area (Å²) in [7, 11) is 0. The maximum atomic E-state index is 11.1. The monoisotopic (exact) mass is 577 g/mol. The van der Waals surface area contributed by atoms with Crippen molar-refractivity contribution in [2.75, 3.05) is 13.2 Å². The molecule has 42 heavy (non-hydrogen) atoms. The van der Waals surface area contributed by atoms with Gasteiger partial charge >= 0.3 is 0 Å². The Bertz CT molecular complexity index is 1210. The van der Waals surface area contributed by atoms with E-state index in [2.05, 4.69) is 29.4 Å². The van der Waals surface area contributed by atoms with Crippen molar-refractivity contribution in [1.82, 2.24) is 10.3 Å². The number of dihydropyridines is 1. The number of ether oxygens (including phenoxy) is 1. The van der Waals surface area contributed by atoms with Gasteiger partial charge in [0.15, 0.2) is 11.5 Å². The number of hydrogen-bond acceptors (Lipinski definition) is 6. The molecule has 2 bridgehead atoms. The van der Waals surface area contributed by atoms with Gasteiger partial charge in [0.2, 0.25) is 0 Å². The third kappa shape index (κ3) is 7.73. The van der Waals surface area contributed by atoms with Crippen molar-refractivity contribution in [3.8, 4) is 11.5 Å². The van der Waals surface area contributed by atoms with Gasteiger partial charge in [-0.2, -0.15) is 0 Å². The summed E-state index contributed by atoms with van der Waals surface area (Å²) in [5, 5.41) is 35.6. The van der Waals surface area contributed by atoms with Crippen LogP contribution in [0.2, 0.25) is 0 Å². The lowest BCUT2D eigenvalue weighted by atomic mass is 9.79. The topological polar surface area (TPSA) is 124 Å². The zero-order chi connectivity index (χ0) is 29.5. The van der Waals surface area contributed by atoms with E-state index in [0.29, 0.717) is 61.2 Å². The first-order valence-electron chi connectivity index (χ1n) is 16.2. The van der Waals surface area contributed by atoms with E-state index in [4.69, 9.17) is 10.5 Å². The zero-order valence-electron chi connectivity index (χ0n) is 25.2.